The van der Waals surface area contributed by atoms with Crippen LogP contribution in [0.3, 0.4) is 0 Å². The van der Waals surface area contributed by atoms with Gasteiger partial charge in [-0.2, -0.15) is 0 Å². The van der Waals surface area contributed by atoms with Crippen molar-refractivity contribution in [2.45, 2.75) is 37.8 Å². The van der Waals surface area contributed by atoms with Gasteiger partial charge in [0.1, 0.15) is 0 Å². The molecule has 126 valence electrons. The fourth-order valence-electron chi connectivity index (χ4n) is 3.51. The molecular formula is C17H20N4O3. The zero-order valence-corrected chi connectivity index (χ0v) is 13.3. The normalized spacial score (nSPS) is 23.8. The van der Waals surface area contributed by atoms with Gasteiger partial charge < -0.3 is 10.2 Å². The Morgan fingerprint density at radius 3 is 2.54 bits per heavy atom. The molecule has 0 unspecified atom stereocenters. The van der Waals surface area contributed by atoms with Gasteiger partial charge in [-0.25, -0.2) is 4.79 Å². The molecule has 4 rings (SSSR count). The largest absolute Gasteiger partial charge is 0.439 e. The Hall–Kier alpha value is -2.41. The second-order valence-electron chi connectivity index (χ2n) is 6.56. The van der Waals surface area contributed by atoms with E-state index in [0.717, 1.165) is 12.8 Å². The van der Waals surface area contributed by atoms with Crippen LogP contribution >= 0.6 is 0 Å². The number of H-pyrrole nitrogens is 1. The second kappa shape index (κ2) is 6.24. The lowest BCUT2D eigenvalue weighted by Gasteiger charge is -2.41. The van der Waals surface area contributed by atoms with Gasteiger partial charge in [-0.15, -0.1) is 0 Å². The van der Waals surface area contributed by atoms with Crippen molar-refractivity contribution in [2.75, 3.05) is 13.1 Å². The number of hydrogen-bond acceptors (Lipinski definition) is 5. The van der Waals surface area contributed by atoms with Crippen molar-refractivity contribution in [3.8, 4) is 11.4 Å². The Kier molecular flexibility index (Phi) is 3.93. The zero-order valence-electron chi connectivity index (χ0n) is 13.3. The number of carbonyl (C=O) groups is 1. The number of carbonyl (C=O) groups excluding carboxylic acids is 1. The number of nitrogens with one attached hydrogen (secondary N) is 2. The molecule has 7 heteroatoms. The third-order valence-electron chi connectivity index (χ3n) is 4.97. The van der Waals surface area contributed by atoms with Crippen molar-refractivity contribution in [2.24, 2.45) is 0 Å². The summed E-state index contributed by atoms with van der Waals surface area (Å²) in [6, 6.07) is 7.87. The summed E-state index contributed by atoms with van der Waals surface area (Å²) in [5.41, 5.74) is 1.31. The first kappa shape index (κ1) is 15.1. The highest BCUT2D eigenvalue weighted by molar-refractivity contribution is 5.94. The van der Waals surface area contributed by atoms with Crippen LogP contribution in [-0.4, -0.2) is 46.1 Å². The summed E-state index contributed by atoms with van der Waals surface area (Å²) in [4.78, 5) is 28.3. The maximum atomic E-state index is 12.3. The minimum atomic E-state index is -0.593. The summed E-state index contributed by atoms with van der Waals surface area (Å²) in [6.07, 6.45) is 4.70. The van der Waals surface area contributed by atoms with Crippen molar-refractivity contribution in [3.63, 3.8) is 0 Å². The topological polar surface area (TPSA) is 91.2 Å². The number of likely N-dealkylation sites (tertiary alicyclic amines) is 1. The Labute approximate surface area is 139 Å². The van der Waals surface area contributed by atoms with Gasteiger partial charge in [-0.05, 0) is 50.9 Å². The lowest BCUT2D eigenvalue weighted by molar-refractivity contribution is 0.0820. The van der Waals surface area contributed by atoms with E-state index in [2.05, 4.69) is 24.9 Å². The molecule has 1 aromatic carbocycles. The van der Waals surface area contributed by atoms with E-state index >= 15 is 0 Å². The Bertz CT molecular complexity index is 768. The van der Waals surface area contributed by atoms with Crippen LogP contribution in [0.25, 0.3) is 11.4 Å². The number of benzene rings is 1. The molecule has 2 fully saturated rings. The van der Waals surface area contributed by atoms with Gasteiger partial charge in [0, 0.05) is 23.2 Å². The van der Waals surface area contributed by atoms with Crippen LogP contribution in [0.5, 0.6) is 0 Å². The second-order valence-corrected chi connectivity index (χ2v) is 6.56. The molecule has 1 saturated heterocycles. The lowest BCUT2D eigenvalue weighted by atomic mass is 9.85. The summed E-state index contributed by atoms with van der Waals surface area (Å²) in [7, 11) is 0. The molecule has 2 heterocycles. The van der Waals surface area contributed by atoms with Gasteiger partial charge in [0.2, 0.25) is 0 Å². The molecule has 1 aliphatic heterocycles. The highest BCUT2D eigenvalue weighted by atomic mass is 16.5. The van der Waals surface area contributed by atoms with Crippen LogP contribution < -0.4 is 11.1 Å². The summed E-state index contributed by atoms with van der Waals surface area (Å²) in [6.45, 7) is 2.41. The zero-order chi connectivity index (χ0) is 16.5. The summed E-state index contributed by atoms with van der Waals surface area (Å²) >= 11 is 0. The van der Waals surface area contributed by atoms with Crippen LogP contribution in [0.15, 0.2) is 33.6 Å². The molecule has 2 N–H and O–H groups in total. The predicted octanol–water partition coefficient (Wildman–Crippen LogP) is 1.39. The van der Waals surface area contributed by atoms with Crippen LogP contribution in [-0.2, 0) is 0 Å². The van der Waals surface area contributed by atoms with Gasteiger partial charge >= 0.3 is 5.76 Å². The fourth-order valence-corrected chi connectivity index (χ4v) is 3.51. The van der Waals surface area contributed by atoms with E-state index in [1.54, 1.807) is 24.3 Å². The fraction of sp³-hybridized carbons (Fsp3) is 0.471. The Morgan fingerprint density at radius 1 is 1.21 bits per heavy atom. The van der Waals surface area contributed by atoms with E-state index in [-0.39, 0.29) is 11.9 Å². The molecule has 0 bridgehead atoms. The van der Waals surface area contributed by atoms with Crippen LogP contribution in [0.1, 0.15) is 36.0 Å². The summed E-state index contributed by atoms with van der Waals surface area (Å²) < 4.78 is 4.48. The molecule has 1 saturated carbocycles. The monoisotopic (exact) mass is 328 g/mol. The standard InChI is InChI=1S/C17H20N4O3/c22-16(18-13-9-14(10-13)21-7-1-2-8-21)12-5-3-11(4-6-12)15-19-17(23)24-20-15/h3-6,13-14H,1-2,7-10H2,(H,18,22)(H,19,20,23). The Balaban J connectivity index is 1.33. The quantitative estimate of drug-likeness (QED) is 0.885. The minimum Gasteiger partial charge on any atom is -0.349 e. The molecule has 2 aliphatic rings. The summed E-state index contributed by atoms with van der Waals surface area (Å²) in [5.74, 6) is -0.288. The molecule has 1 aliphatic carbocycles. The smallest absolute Gasteiger partial charge is 0.349 e. The van der Waals surface area contributed by atoms with Crippen molar-refractivity contribution < 1.29 is 9.32 Å². The Morgan fingerprint density at radius 2 is 1.92 bits per heavy atom. The molecule has 1 aromatic heterocycles. The van der Waals surface area contributed by atoms with Crippen LogP contribution in [0, 0.1) is 0 Å². The molecule has 2 aromatic rings. The molecule has 0 atom stereocenters. The molecular weight excluding hydrogens is 308 g/mol. The highest BCUT2D eigenvalue weighted by Gasteiger charge is 2.35. The first-order valence-corrected chi connectivity index (χ1v) is 8.40. The SMILES string of the molecule is O=C(NC1CC(N2CCCC2)C1)c1ccc(-c2noc(=O)[nH]2)cc1. The average molecular weight is 328 g/mol. The minimum absolute atomic E-state index is 0.0555. The van der Waals surface area contributed by atoms with E-state index in [0.29, 0.717) is 23.0 Å². The van der Waals surface area contributed by atoms with Crippen LogP contribution in [0.2, 0.25) is 0 Å². The molecule has 1 amide bonds. The van der Waals surface area contributed by atoms with Gasteiger partial charge in [0.25, 0.3) is 5.91 Å². The van der Waals surface area contributed by atoms with Gasteiger partial charge in [-0.3, -0.25) is 14.3 Å². The van der Waals surface area contributed by atoms with Gasteiger partial charge in [0.05, 0.1) is 0 Å². The third kappa shape index (κ3) is 2.99. The predicted molar refractivity (Wildman–Crippen MR) is 87.6 cm³/mol. The van der Waals surface area contributed by atoms with E-state index in [1.165, 1.54) is 25.9 Å². The van der Waals surface area contributed by atoms with E-state index in [9.17, 15) is 9.59 Å². The number of amides is 1. The van der Waals surface area contributed by atoms with Crippen LogP contribution in [0.4, 0.5) is 0 Å². The van der Waals surface area contributed by atoms with Gasteiger partial charge in [0.15, 0.2) is 5.82 Å². The average Bonchev–Trinajstić information content (AvgIpc) is 3.22. The van der Waals surface area contributed by atoms with E-state index < -0.39 is 5.76 Å². The summed E-state index contributed by atoms with van der Waals surface area (Å²) in [5, 5.41) is 6.72. The lowest BCUT2D eigenvalue weighted by Crippen LogP contribution is -2.53. The maximum absolute atomic E-state index is 12.3. The molecule has 24 heavy (non-hydrogen) atoms. The number of aromatic amines is 1. The molecule has 0 spiro atoms. The number of hydrogen-bond donors (Lipinski definition) is 2. The first-order valence-electron chi connectivity index (χ1n) is 8.40. The molecule has 0 radical (unpaired) electrons. The number of rotatable bonds is 4. The number of aromatic nitrogens is 2. The first-order chi connectivity index (χ1) is 11.7. The van der Waals surface area contributed by atoms with Crippen molar-refractivity contribution >= 4 is 5.91 Å². The van der Waals surface area contributed by atoms with Crippen molar-refractivity contribution in [3.05, 3.63) is 40.4 Å². The third-order valence-corrected chi connectivity index (χ3v) is 4.97. The van der Waals surface area contributed by atoms with Gasteiger partial charge in [-0.1, -0.05) is 17.3 Å². The number of nitrogens with zero attached hydrogens (tertiary/aromatic N) is 2. The van der Waals surface area contributed by atoms with Crippen molar-refractivity contribution in [1.82, 2.24) is 20.4 Å². The highest BCUT2D eigenvalue weighted by Crippen LogP contribution is 2.28. The molecule has 7 nitrogen and oxygen atoms in total. The van der Waals surface area contributed by atoms with Crippen molar-refractivity contribution in [1.29, 1.82) is 0 Å². The van der Waals surface area contributed by atoms with E-state index in [4.69, 9.17) is 0 Å². The maximum Gasteiger partial charge on any atom is 0.439 e. The van der Waals surface area contributed by atoms with E-state index in [1.807, 2.05) is 0 Å².